The molecule has 1 aromatic heterocycles. The van der Waals surface area contributed by atoms with Crippen LogP contribution in [-0.4, -0.2) is 10.8 Å². The summed E-state index contributed by atoms with van der Waals surface area (Å²) in [7, 11) is 0. The van der Waals surface area contributed by atoms with E-state index in [1.54, 1.807) is 0 Å². The Balaban J connectivity index is 1.38. The predicted octanol–water partition coefficient (Wildman–Crippen LogP) is 9.02. The van der Waals surface area contributed by atoms with Gasteiger partial charge in [0.25, 0.3) is 0 Å². The summed E-state index contributed by atoms with van der Waals surface area (Å²) in [4.78, 5) is 17.9. The fraction of sp³-hybridized carbons (Fsp3) is 0.600. The molecule has 2 aliphatic carbocycles. The van der Waals surface area contributed by atoms with E-state index in [1.165, 1.54) is 92.3 Å². The maximum atomic E-state index is 12.7. The van der Waals surface area contributed by atoms with Crippen LogP contribution in [0.15, 0.2) is 48.0 Å². The number of aromatic nitrogens is 1. The molecule has 2 aliphatic rings. The van der Waals surface area contributed by atoms with Crippen molar-refractivity contribution >= 4 is 5.78 Å². The van der Waals surface area contributed by atoms with E-state index in [4.69, 9.17) is 4.98 Å². The van der Waals surface area contributed by atoms with Crippen LogP contribution in [0.1, 0.15) is 119 Å². The molecule has 2 aromatic rings. The summed E-state index contributed by atoms with van der Waals surface area (Å²) in [6, 6.07) is 13.3. The highest BCUT2D eigenvalue weighted by Crippen LogP contribution is 2.31. The van der Waals surface area contributed by atoms with Gasteiger partial charge in [-0.15, -0.1) is 0 Å². The normalized spacial score (nSPS) is 20.9. The van der Waals surface area contributed by atoms with Crippen LogP contribution in [-0.2, 0) is 30.5 Å². The van der Waals surface area contributed by atoms with Gasteiger partial charge in [-0.1, -0.05) is 101 Å². The van der Waals surface area contributed by atoms with Gasteiger partial charge >= 0.3 is 0 Å². The van der Waals surface area contributed by atoms with Crippen molar-refractivity contribution in [3.05, 3.63) is 76.1 Å². The van der Waals surface area contributed by atoms with E-state index in [9.17, 15) is 4.79 Å². The van der Waals surface area contributed by atoms with Crippen LogP contribution in [0.3, 0.4) is 0 Å². The van der Waals surface area contributed by atoms with Crippen LogP contribution >= 0.6 is 0 Å². The van der Waals surface area contributed by atoms with Crippen LogP contribution in [0.2, 0.25) is 0 Å². The average molecular weight is 500 g/mol. The second-order valence-electron chi connectivity index (χ2n) is 12.2. The van der Waals surface area contributed by atoms with Gasteiger partial charge in [0.15, 0.2) is 0 Å². The summed E-state index contributed by atoms with van der Waals surface area (Å²) in [6.07, 6.45) is 19.6. The molecule has 1 aromatic carbocycles. The van der Waals surface area contributed by atoms with Crippen molar-refractivity contribution in [3.8, 4) is 0 Å². The Labute approximate surface area is 226 Å². The Bertz CT molecular complexity index is 1020. The number of allylic oxidation sites excluding steroid dienone is 2. The van der Waals surface area contributed by atoms with Crippen LogP contribution in [0.4, 0.5) is 0 Å². The molecule has 0 saturated heterocycles. The molecule has 2 fully saturated rings. The quantitative estimate of drug-likeness (QED) is 0.273. The van der Waals surface area contributed by atoms with E-state index in [-0.39, 0.29) is 0 Å². The number of nitrogens with zero attached hydrogens (tertiary/aromatic N) is 1. The molecule has 2 saturated carbocycles. The minimum absolute atomic E-state index is 0.407. The largest absolute Gasteiger partial charge is 0.299 e. The first-order chi connectivity index (χ1) is 18.0. The van der Waals surface area contributed by atoms with Crippen LogP contribution in [0, 0.1) is 17.8 Å². The van der Waals surface area contributed by atoms with Crippen molar-refractivity contribution in [3.63, 3.8) is 0 Å². The second kappa shape index (κ2) is 14.1. The van der Waals surface area contributed by atoms with Crippen molar-refractivity contribution in [2.45, 2.75) is 117 Å². The fourth-order valence-corrected chi connectivity index (χ4v) is 6.54. The summed E-state index contributed by atoms with van der Waals surface area (Å²) in [5.41, 5.74) is 7.90. The van der Waals surface area contributed by atoms with Crippen LogP contribution in [0.25, 0.3) is 0 Å². The maximum absolute atomic E-state index is 12.7. The number of carbonyl (C=O) groups is 1. The molecule has 0 N–H and O–H groups in total. The third-order valence-electron chi connectivity index (χ3n) is 8.94. The monoisotopic (exact) mass is 499 g/mol. The van der Waals surface area contributed by atoms with E-state index in [0.29, 0.717) is 18.1 Å². The van der Waals surface area contributed by atoms with Crippen molar-refractivity contribution < 1.29 is 4.79 Å². The van der Waals surface area contributed by atoms with Gasteiger partial charge in [0.05, 0.1) is 0 Å². The zero-order valence-corrected chi connectivity index (χ0v) is 23.7. The zero-order valence-electron chi connectivity index (χ0n) is 23.7. The van der Waals surface area contributed by atoms with E-state index in [2.05, 4.69) is 63.2 Å². The van der Waals surface area contributed by atoms with Gasteiger partial charge in [0, 0.05) is 30.7 Å². The zero-order chi connectivity index (χ0) is 26.0. The Morgan fingerprint density at radius 1 is 0.892 bits per heavy atom. The number of carbonyl (C=O) groups excluding carboxylic acids is 1. The van der Waals surface area contributed by atoms with Gasteiger partial charge < -0.3 is 0 Å². The highest BCUT2D eigenvalue weighted by molar-refractivity contribution is 5.81. The maximum Gasteiger partial charge on any atom is 0.137 e. The SMILES string of the molecule is C/C=C(\CCC)Cc1ccc(Cc2ccc(CC(=O)CC3CCC(C)CC3)cc2)nc1CC1CCCC1. The van der Waals surface area contributed by atoms with Crippen LogP contribution < -0.4 is 0 Å². The Hall–Kier alpha value is -2.22. The van der Waals surface area contributed by atoms with Crippen molar-refractivity contribution in [1.82, 2.24) is 4.98 Å². The Morgan fingerprint density at radius 2 is 1.59 bits per heavy atom. The summed E-state index contributed by atoms with van der Waals surface area (Å²) in [5, 5.41) is 0. The van der Waals surface area contributed by atoms with Gasteiger partial charge in [0.2, 0.25) is 0 Å². The first-order valence-corrected chi connectivity index (χ1v) is 15.2. The molecule has 200 valence electrons. The molecule has 4 rings (SSSR count). The Kier molecular flexibility index (Phi) is 10.6. The topological polar surface area (TPSA) is 30.0 Å². The second-order valence-corrected chi connectivity index (χ2v) is 12.2. The van der Waals surface area contributed by atoms with Crippen molar-refractivity contribution in [1.29, 1.82) is 0 Å². The summed E-state index contributed by atoms with van der Waals surface area (Å²) >= 11 is 0. The minimum atomic E-state index is 0.407. The number of hydrogen-bond acceptors (Lipinski definition) is 2. The Morgan fingerprint density at radius 3 is 2.27 bits per heavy atom. The number of pyridine rings is 1. The molecular formula is C35H49NO. The standard InChI is InChI=1S/C35H49NO/c1-4-8-27(5-2)21-32-19-20-33(36-35(32)25-28-9-6-7-10-28)22-29-15-17-31(18-16-29)24-34(37)23-30-13-11-26(3)12-14-30/h5,15-20,26,28,30H,4,6-14,21-25H2,1-3H3/b27-5+. The first-order valence-electron chi connectivity index (χ1n) is 15.2. The van der Waals surface area contributed by atoms with Gasteiger partial charge in [-0.2, -0.15) is 0 Å². The minimum Gasteiger partial charge on any atom is -0.299 e. The summed E-state index contributed by atoms with van der Waals surface area (Å²) in [5.74, 6) is 2.66. The van der Waals surface area contributed by atoms with E-state index in [1.807, 2.05) is 0 Å². The molecule has 0 amide bonds. The van der Waals surface area contributed by atoms with Gasteiger partial charge in [-0.3, -0.25) is 9.78 Å². The molecule has 37 heavy (non-hydrogen) atoms. The molecule has 1 heterocycles. The number of ketones is 1. The van der Waals surface area contributed by atoms with Crippen molar-refractivity contribution in [2.75, 3.05) is 0 Å². The lowest BCUT2D eigenvalue weighted by Gasteiger charge is -2.25. The predicted molar refractivity (Wildman–Crippen MR) is 156 cm³/mol. The van der Waals surface area contributed by atoms with Crippen LogP contribution in [0.5, 0.6) is 0 Å². The van der Waals surface area contributed by atoms with E-state index in [0.717, 1.165) is 43.1 Å². The third kappa shape index (κ3) is 8.66. The first kappa shape index (κ1) is 27.8. The molecule has 0 unspecified atom stereocenters. The highest BCUT2D eigenvalue weighted by Gasteiger charge is 2.21. The fourth-order valence-electron chi connectivity index (χ4n) is 6.54. The molecule has 2 heteroatoms. The lowest BCUT2D eigenvalue weighted by Crippen LogP contribution is -2.17. The highest BCUT2D eigenvalue weighted by atomic mass is 16.1. The molecule has 0 radical (unpaired) electrons. The summed E-state index contributed by atoms with van der Waals surface area (Å²) < 4.78 is 0. The molecule has 0 spiro atoms. The van der Waals surface area contributed by atoms with Gasteiger partial charge in [-0.05, 0) is 79.5 Å². The van der Waals surface area contributed by atoms with E-state index >= 15 is 0 Å². The summed E-state index contributed by atoms with van der Waals surface area (Å²) in [6.45, 7) is 6.78. The average Bonchev–Trinajstić information content (AvgIpc) is 3.41. The van der Waals surface area contributed by atoms with E-state index < -0.39 is 0 Å². The van der Waals surface area contributed by atoms with Gasteiger partial charge in [0.1, 0.15) is 5.78 Å². The smallest absolute Gasteiger partial charge is 0.137 e. The number of Topliss-reactive ketones (excluding diaryl/α,β-unsaturated/α-hetero) is 1. The lowest BCUT2D eigenvalue weighted by molar-refractivity contribution is -0.119. The molecule has 0 atom stereocenters. The molecule has 0 bridgehead atoms. The lowest BCUT2D eigenvalue weighted by atomic mass is 9.80. The number of hydrogen-bond donors (Lipinski definition) is 0. The molecule has 0 aliphatic heterocycles. The molecular weight excluding hydrogens is 450 g/mol. The third-order valence-corrected chi connectivity index (χ3v) is 8.94. The van der Waals surface area contributed by atoms with Crippen molar-refractivity contribution in [2.24, 2.45) is 17.8 Å². The number of rotatable bonds is 12. The van der Waals surface area contributed by atoms with Gasteiger partial charge in [-0.25, -0.2) is 0 Å². The number of benzene rings is 1. The molecule has 2 nitrogen and oxygen atoms in total.